The number of nitrogens with one attached hydrogen (secondary N) is 1. The second-order valence-electron chi connectivity index (χ2n) is 5.23. The van der Waals surface area contributed by atoms with E-state index >= 15 is 0 Å². The molecule has 0 aromatic heterocycles. The topological polar surface area (TPSA) is 82.4 Å². The van der Waals surface area contributed by atoms with Crippen molar-refractivity contribution >= 4 is 11.9 Å². The van der Waals surface area contributed by atoms with Crippen molar-refractivity contribution in [3.63, 3.8) is 0 Å². The molecule has 2 rings (SSSR count). The van der Waals surface area contributed by atoms with E-state index in [9.17, 15) is 9.59 Å². The Labute approximate surface area is 123 Å². The highest BCUT2D eigenvalue weighted by Gasteiger charge is 2.49. The van der Waals surface area contributed by atoms with Gasteiger partial charge in [0, 0.05) is 6.54 Å². The fourth-order valence-corrected chi connectivity index (χ4v) is 2.30. The zero-order valence-electron chi connectivity index (χ0n) is 12.2. The normalized spacial score (nSPS) is 22.7. The Bertz CT molecular complexity index is 606. The number of nitriles is 1. The van der Waals surface area contributed by atoms with Gasteiger partial charge in [-0.25, -0.2) is 4.79 Å². The fourth-order valence-electron chi connectivity index (χ4n) is 2.30. The van der Waals surface area contributed by atoms with E-state index in [-0.39, 0.29) is 12.5 Å². The third kappa shape index (κ3) is 2.55. The highest BCUT2D eigenvalue weighted by Crippen LogP contribution is 2.30. The van der Waals surface area contributed by atoms with Gasteiger partial charge in [0.05, 0.1) is 19.1 Å². The van der Waals surface area contributed by atoms with E-state index in [0.717, 1.165) is 4.90 Å². The number of benzene rings is 1. The van der Waals surface area contributed by atoms with Gasteiger partial charge in [0.2, 0.25) is 0 Å². The van der Waals surface area contributed by atoms with Crippen LogP contribution in [-0.4, -0.2) is 30.5 Å². The molecule has 21 heavy (non-hydrogen) atoms. The summed E-state index contributed by atoms with van der Waals surface area (Å²) in [6.07, 6.45) is 0. The number of carbonyl (C=O) groups excluding carboxylic acids is 2. The summed E-state index contributed by atoms with van der Waals surface area (Å²) in [7, 11) is 1.56. The third-order valence-corrected chi connectivity index (χ3v) is 3.62. The second-order valence-corrected chi connectivity index (χ2v) is 5.23. The van der Waals surface area contributed by atoms with E-state index in [1.165, 1.54) is 0 Å². The molecule has 1 heterocycles. The van der Waals surface area contributed by atoms with Gasteiger partial charge in [0.1, 0.15) is 11.3 Å². The first-order chi connectivity index (χ1) is 9.92. The summed E-state index contributed by atoms with van der Waals surface area (Å²) in [6, 6.07) is 8.51. The number of hydrogen-bond donors (Lipinski definition) is 1. The average Bonchev–Trinajstić information content (AvgIpc) is 2.71. The lowest BCUT2D eigenvalue weighted by molar-refractivity contribution is -0.131. The quantitative estimate of drug-likeness (QED) is 0.853. The molecule has 1 aromatic rings. The van der Waals surface area contributed by atoms with Crippen molar-refractivity contribution < 1.29 is 14.3 Å². The van der Waals surface area contributed by atoms with Crippen molar-refractivity contribution in [2.75, 3.05) is 13.7 Å². The molecule has 1 aliphatic rings. The lowest BCUT2D eigenvalue weighted by atomic mass is 9.92. The number of urea groups is 1. The molecule has 110 valence electrons. The average molecular weight is 287 g/mol. The third-order valence-electron chi connectivity index (χ3n) is 3.62. The van der Waals surface area contributed by atoms with Crippen LogP contribution in [0.5, 0.6) is 5.75 Å². The first-order valence-corrected chi connectivity index (χ1v) is 6.60. The molecule has 3 amide bonds. The molecule has 6 heteroatoms. The Kier molecular flexibility index (Phi) is 3.85. The number of methoxy groups -OCH3 is 1. The van der Waals surface area contributed by atoms with Gasteiger partial charge in [0.25, 0.3) is 5.91 Å². The number of imide groups is 1. The van der Waals surface area contributed by atoms with Crippen LogP contribution in [0.3, 0.4) is 0 Å². The number of hydrogen-bond acceptors (Lipinski definition) is 4. The summed E-state index contributed by atoms with van der Waals surface area (Å²) >= 11 is 0. The molecular formula is C15H17N3O3. The molecule has 1 aliphatic heterocycles. The van der Waals surface area contributed by atoms with Crippen molar-refractivity contribution in [1.82, 2.24) is 10.2 Å². The SMILES string of the molecule is COc1ccc([C@@]2(C)NC(=O)N(C[C@@H](C)C#N)C2=O)cc1. The standard InChI is InChI=1S/C15H17N3O3/c1-10(8-16)9-18-13(19)15(2,17-14(18)20)11-4-6-12(21-3)7-5-11/h4-7,10H,9H2,1-3H3,(H,17,20)/t10-,15+/m0/s1. The molecule has 0 unspecified atom stereocenters. The molecule has 1 N–H and O–H groups in total. The Balaban J connectivity index is 2.29. The Morgan fingerprint density at radius 2 is 2.00 bits per heavy atom. The van der Waals surface area contributed by atoms with Crippen molar-refractivity contribution in [1.29, 1.82) is 5.26 Å². The van der Waals surface area contributed by atoms with E-state index in [1.807, 2.05) is 6.07 Å². The molecule has 1 aromatic carbocycles. The molecule has 1 saturated heterocycles. The lowest BCUT2D eigenvalue weighted by Gasteiger charge is -2.22. The van der Waals surface area contributed by atoms with Crippen LogP contribution in [-0.2, 0) is 10.3 Å². The van der Waals surface area contributed by atoms with Gasteiger partial charge in [-0.2, -0.15) is 5.26 Å². The predicted octanol–water partition coefficient (Wildman–Crippen LogP) is 1.62. The summed E-state index contributed by atoms with van der Waals surface area (Å²) < 4.78 is 5.08. The Morgan fingerprint density at radius 1 is 1.38 bits per heavy atom. The maximum absolute atomic E-state index is 12.5. The lowest BCUT2D eigenvalue weighted by Crippen LogP contribution is -2.41. The summed E-state index contributed by atoms with van der Waals surface area (Å²) in [5.74, 6) is -0.0771. The van der Waals surface area contributed by atoms with E-state index in [0.29, 0.717) is 11.3 Å². The molecule has 0 radical (unpaired) electrons. The molecular weight excluding hydrogens is 270 g/mol. The van der Waals surface area contributed by atoms with Gasteiger partial charge in [-0.1, -0.05) is 12.1 Å². The molecule has 6 nitrogen and oxygen atoms in total. The highest BCUT2D eigenvalue weighted by atomic mass is 16.5. The van der Waals surface area contributed by atoms with Crippen molar-refractivity contribution in [2.24, 2.45) is 5.92 Å². The van der Waals surface area contributed by atoms with E-state index in [2.05, 4.69) is 5.32 Å². The summed E-state index contributed by atoms with van der Waals surface area (Å²) in [5.41, 5.74) is -0.438. The van der Waals surface area contributed by atoms with E-state index in [1.54, 1.807) is 45.2 Å². The second kappa shape index (κ2) is 5.44. The molecule has 0 aliphatic carbocycles. The van der Waals surface area contributed by atoms with Gasteiger partial charge < -0.3 is 10.1 Å². The Hall–Kier alpha value is -2.55. The van der Waals surface area contributed by atoms with Crippen LogP contribution in [0.2, 0.25) is 0 Å². The van der Waals surface area contributed by atoms with Crippen LogP contribution in [0, 0.1) is 17.2 Å². The van der Waals surface area contributed by atoms with Crippen LogP contribution in [0.25, 0.3) is 0 Å². The van der Waals surface area contributed by atoms with Crippen LogP contribution in [0.1, 0.15) is 19.4 Å². The highest BCUT2D eigenvalue weighted by molar-refractivity contribution is 6.07. The summed E-state index contributed by atoms with van der Waals surface area (Å²) in [5, 5.41) is 11.5. The molecule has 0 bridgehead atoms. The maximum atomic E-state index is 12.5. The van der Waals surface area contributed by atoms with Gasteiger partial charge in [0.15, 0.2) is 0 Å². The van der Waals surface area contributed by atoms with E-state index < -0.39 is 17.5 Å². The molecule has 0 saturated carbocycles. The smallest absolute Gasteiger partial charge is 0.325 e. The first-order valence-electron chi connectivity index (χ1n) is 6.60. The van der Waals surface area contributed by atoms with Gasteiger partial charge in [-0.05, 0) is 31.5 Å². The van der Waals surface area contributed by atoms with Gasteiger partial charge in [-0.3, -0.25) is 9.69 Å². The zero-order chi connectivity index (χ0) is 15.6. The fraction of sp³-hybridized carbons (Fsp3) is 0.400. The predicted molar refractivity (Wildman–Crippen MR) is 75.4 cm³/mol. The van der Waals surface area contributed by atoms with Crippen molar-refractivity contribution in [3.8, 4) is 11.8 Å². The summed E-state index contributed by atoms with van der Waals surface area (Å²) in [4.78, 5) is 25.6. The number of amides is 3. The molecule has 1 fully saturated rings. The van der Waals surface area contributed by atoms with Gasteiger partial charge >= 0.3 is 6.03 Å². The minimum absolute atomic E-state index is 0.0902. The van der Waals surface area contributed by atoms with Crippen molar-refractivity contribution in [3.05, 3.63) is 29.8 Å². The minimum atomic E-state index is -1.11. The maximum Gasteiger partial charge on any atom is 0.325 e. The number of ether oxygens (including phenoxy) is 1. The Morgan fingerprint density at radius 3 is 2.52 bits per heavy atom. The monoisotopic (exact) mass is 287 g/mol. The van der Waals surface area contributed by atoms with Crippen molar-refractivity contribution in [2.45, 2.75) is 19.4 Å². The van der Waals surface area contributed by atoms with Crippen LogP contribution >= 0.6 is 0 Å². The van der Waals surface area contributed by atoms with Gasteiger partial charge in [-0.15, -0.1) is 0 Å². The number of nitrogens with zero attached hydrogens (tertiary/aromatic N) is 2. The zero-order valence-corrected chi connectivity index (χ0v) is 12.2. The van der Waals surface area contributed by atoms with E-state index in [4.69, 9.17) is 10.00 Å². The molecule has 2 atom stereocenters. The van der Waals surface area contributed by atoms with Crippen LogP contribution in [0.4, 0.5) is 4.79 Å². The summed E-state index contributed by atoms with van der Waals surface area (Å²) in [6.45, 7) is 3.42. The first kappa shape index (κ1) is 14.9. The minimum Gasteiger partial charge on any atom is -0.497 e. The van der Waals surface area contributed by atoms with Crippen LogP contribution < -0.4 is 10.1 Å². The van der Waals surface area contributed by atoms with Crippen LogP contribution in [0.15, 0.2) is 24.3 Å². The number of carbonyl (C=O) groups is 2. The largest absolute Gasteiger partial charge is 0.497 e. The molecule has 0 spiro atoms. The number of rotatable bonds is 4.